The van der Waals surface area contributed by atoms with Gasteiger partial charge in [-0.05, 0) is 84.6 Å². The fourth-order valence-electron chi connectivity index (χ4n) is 5.10. The number of anilines is 2. The standard InChI is InChI=1S/C32H20N2O9/c1-15-3-5-17(31(39)40)11-25(15)33-27(35)21-9-7-19(13-23(21)29(33)37)43-20-8-10-22-24(14-20)30(38)34(28(22)36)26-12-18(32(41)42)6-4-16(26)2/h3-14H,1-2H3,(H,39,40)(H,41,42)/p-2. The Morgan fingerprint density at radius 2 is 0.907 bits per heavy atom. The van der Waals surface area contributed by atoms with Crippen molar-refractivity contribution in [2.75, 3.05) is 9.80 Å². The first-order valence-corrected chi connectivity index (χ1v) is 12.8. The maximum Gasteiger partial charge on any atom is 0.266 e. The highest BCUT2D eigenvalue weighted by atomic mass is 16.5. The third-order valence-corrected chi connectivity index (χ3v) is 7.32. The number of hydrogen-bond acceptors (Lipinski definition) is 9. The second-order valence-electron chi connectivity index (χ2n) is 9.99. The van der Waals surface area contributed by atoms with Gasteiger partial charge in [0, 0.05) is 0 Å². The molecular formula is C32H18N2O9-2. The predicted molar refractivity (Wildman–Crippen MR) is 146 cm³/mol. The molecular weight excluding hydrogens is 556 g/mol. The lowest BCUT2D eigenvalue weighted by Crippen LogP contribution is -2.31. The molecule has 212 valence electrons. The number of carboxylic acids is 2. The summed E-state index contributed by atoms with van der Waals surface area (Å²) in [4.78, 5) is 77.3. The van der Waals surface area contributed by atoms with Crippen molar-refractivity contribution in [2.45, 2.75) is 13.8 Å². The van der Waals surface area contributed by atoms with Crippen LogP contribution in [0.4, 0.5) is 11.4 Å². The number of fused-ring (bicyclic) bond motifs is 2. The molecule has 0 aromatic heterocycles. The first-order chi connectivity index (χ1) is 20.5. The normalized spacial score (nSPS) is 13.8. The van der Waals surface area contributed by atoms with Gasteiger partial charge in [0.1, 0.15) is 11.5 Å². The van der Waals surface area contributed by atoms with Gasteiger partial charge in [-0.1, -0.05) is 24.3 Å². The largest absolute Gasteiger partial charge is 0.545 e. The van der Waals surface area contributed by atoms with Crippen molar-refractivity contribution in [3.8, 4) is 11.5 Å². The molecule has 0 N–H and O–H groups in total. The number of carbonyl (C=O) groups is 6. The number of amides is 4. The smallest absolute Gasteiger partial charge is 0.266 e. The summed E-state index contributed by atoms with van der Waals surface area (Å²) < 4.78 is 5.89. The van der Waals surface area contributed by atoms with E-state index in [4.69, 9.17) is 4.74 Å². The Morgan fingerprint density at radius 3 is 1.28 bits per heavy atom. The van der Waals surface area contributed by atoms with Gasteiger partial charge >= 0.3 is 0 Å². The zero-order valence-electron chi connectivity index (χ0n) is 22.5. The monoisotopic (exact) mass is 574 g/mol. The first kappa shape index (κ1) is 27.1. The summed E-state index contributed by atoms with van der Waals surface area (Å²) in [6.45, 7) is 3.27. The Balaban J connectivity index is 1.29. The molecule has 43 heavy (non-hydrogen) atoms. The van der Waals surface area contributed by atoms with Gasteiger partial charge in [0.25, 0.3) is 23.6 Å². The summed E-state index contributed by atoms with van der Waals surface area (Å²) in [7, 11) is 0. The van der Waals surface area contributed by atoms with Gasteiger partial charge in [0.15, 0.2) is 0 Å². The summed E-state index contributed by atoms with van der Waals surface area (Å²) in [6.07, 6.45) is 0. The molecule has 2 aliphatic heterocycles. The second kappa shape index (κ2) is 9.77. The molecule has 2 aliphatic rings. The SMILES string of the molecule is Cc1ccc(C(=O)[O-])cc1N1C(=O)c2ccc(Oc3ccc4c(c3)C(=O)N(c3cc(C(=O)[O-])ccc3C)C4=O)cc2C1=O. The van der Waals surface area contributed by atoms with E-state index in [2.05, 4.69) is 0 Å². The number of nitrogens with zero attached hydrogens (tertiary/aromatic N) is 2. The van der Waals surface area contributed by atoms with Crippen molar-refractivity contribution < 1.29 is 43.7 Å². The van der Waals surface area contributed by atoms with Crippen LogP contribution >= 0.6 is 0 Å². The van der Waals surface area contributed by atoms with Gasteiger partial charge in [0.2, 0.25) is 0 Å². The van der Waals surface area contributed by atoms with Gasteiger partial charge in [-0.2, -0.15) is 0 Å². The molecule has 11 heteroatoms. The van der Waals surface area contributed by atoms with E-state index in [0.29, 0.717) is 11.1 Å². The van der Waals surface area contributed by atoms with Gasteiger partial charge < -0.3 is 24.5 Å². The molecule has 0 saturated heterocycles. The Kier molecular flexibility index (Phi) is 6.15. The van der Waals surface area contributed by atoms with Crippen LogP contribution in [0.3, 0.4) is 0 Å². The minimum Gasteiger partial charge on any atom is -0.545 e. The molecule has 4 aromatic rings. The Hall–Kier alpha value is -6.10. The average Bonchev–Trinajstić information content (AvgIpc) is 3.36. The van der Waals surface area contributed by atoms with Crippen molar-refractivity contribution in [1.29, 1.82) is 0 Å². The maximum atomic E-state index is 13.3. The van der Waals surface area contributed by atoms with Crippen LogP contribution in [-0.4, -0.2) is 35.6 Å². The van der Waals surface area contributed by atoms with Crippen molar-refractivity contribution in [1.82, 2.24) is 0 Å². The summed E-state index contributed by atoms with van der Waals surface area (Å²) in [6, 6.07) is 16.4. The van der Waals surface area contributed by atoms with E-state index in [1.165, 1.54) is 72.8 Å². The molecule has 0 aliphatic carbocycles. The molecule has 4 aromatic carbocycles. The number of ether oxygens (including phenoxy) is 1. The van der Waals surface area contributed by atoms with Crippen LogP contribution in [0.15, 0.2) is 72.8 Å². The van der Waals surface area contributed by atoms with E-state index in [0.717, 1.165) is 9.80 Å². The summed E-state index contributed by atoms with van der Waals surface area (Å²) in [5, 5.41) is 22.7. The van der Waals surface area contributed by atoms with Gasteiger partial charge in [-0.3, -0.25) is 19.2 Å². The van der Waals surface area contributed by atoms with Crippen molar-refractivity contribution >= 4 is 46.9 Å². The van der Waals surface area contributed by atoms with Crippen LogP contribution in [0.1, 0.15) is 73.3 Å². The lowest BCUT2D eigenvalue weighted by molar-refractivity contribution is -0.256. The van der Waals surface area contributed by atoms with E-state index in [1.807, 2.05) is 0 Å². The zero-order valence-corrected chi connectivity index (χ0v) is 22.5. The number of aryl methyl sites for hydroxylation is 2. The molecule has 0 radical (unpaired) electrons. The molecule has 0 fully saturated rings. The molecule has 0 unspecified atom stereocenters. The highest BCUT2D eigenvalue weighted by Gasteiger charge is 2.39. The number of carboxylic acid groups (broad SMARTS) is 2. The van der Waals surface area contributed by atoms with Crippen LogP contribution in [0.5, 0.6) is 11.5 Å². The number of aromatic carboxylic acids is 2. The summed E-state index contributed by atoms with van der Waals surface area (Å²) in [5.41, 5.74) is 1.10. The molecule has 2 heterocycles. The summed E-state index contributed by atoms with van der Waals surface area (Å²) >= 11 is 0. The summed E-state index contributed by atoms with van der Waals surface area (Å²) in [5.74, 6) is -5.21. The number of hydrogen-bond donors (Lipinski definition) is 0. The average molecular weight is 575 g/mol. The topological polar surface area (TPSA) is 164 Å². The number of rotatable bonds is 6. The minimum atomic E-state index is -1.45. The van der Waals surface area contributed by atoms with E-state index in [-0.39, 0.29) is 56.3 Å². The number of imide groups is 2. The van der Waals surface area contributed by atoms with Crippen LogP contribution in [-0.2, 0) is 0 Å². The molecule has 11 nitrogen and oxygen atoms in total. The van der Waals surface area contributed by atoms with Gasteiger partial charge in [-0.15, -0.1) is 0 Å². The molecule has 0 atom stereocenters. The van der Waals surface area contributed by atoms with Crippen molar-refractivity contribution in [3.63, 3.8) is 0 Å². The molecule has 0 saturated carbocycles. The second-order valence-corrected chi connectivity index (χ2v) is 9.99. The van der Waals surface area contributed by atoms with Crippen LogP contribution in [0, 0.1) is 13.8 Å². The number of benzene rings is 4. The van der Waals surface area contributed by atoms with E-state index in [9.17, 15) is 39.0 Å². The lowest BCUT2D eigenvalue weighted by Gasteiger charge is -2.18. The predicted octanol–water partition coefficient (Wildman–Crippen LogP) is 2.42. The van der Waals surface area contributed by atoms with Crippen molar-refractivity contribution in [3.05, 3.63) is 117 Å². The molecule has 0 bridgehead atoms. The molecule has 0 spiro atoms. The highest BCUT2D eigenvalue weighted by Crippen LogP contribution is 2.36. The fraction of sp³-hybridized carbons (Fsp3) is 0.0625. The fourth-order valence-corrected chi connectivity index (χ4v) is 5.10. The van der Waals surface area contributed by atoms with Crippen LogP contribution in [0.2, 0.25) is 0 Å². The van der Waals surface area contributed by atoms with Gasteiger partial charge in [0.05, 0.1) is 45.6 Å². The number of carbonyl (C=O) groups excluding carboxylic acids is 6. The van der Waals surface area contributed by atoms with Crippen LogP contribution in [0.25, 0.3) is 0 Å². The van der Waals surface area contributed by atoms with Crippen molar-refractivity contribution in [2.24, 2.45) is 0 Å². The minimum absolute atomic E-state index is 0.0302. The van der Waals surface area contributed by atoms with Gasteiger partial charge in [-0.25, -0.2) is 9.80 Å². The third kappa shape index (κ3) is 4.30. The van der Waals surface area contributed by atoms with E-state index in [1.54, 1.807) is 13.8 Å². The maximum absolute atomic E-state index is 13.3. The Morgan fingerprint density at radius 1 is 0.535 bits per heavy atom. The third-order valence-electron chi connectivity index (χ3n) is 7.32. The van der Waals surface area contributed by atoms with Crippen LogP contribution < -0.4 is 24.7 Å². The first-order valence-electron chi connectivity index (χ1n) is 12.8. The zero-order chi connectivity index (χ0) is 30.7. The van der Waals surface area contributed by atoms with E-state index >= 15 is 0 Å². The Labute approximate surface area is 243 Å². The molecule has 4 amide bonds. The highest BCUT2D eigenvalue weighted by molar-refractivity contribution is 6.35. The lowest BCUT2D eigenvalue weighted by atomic mass is 10.1. The van der Waals surface area contributed by atoms with E-state index < -0.39 is 35.6 Å². The quantitative estimate of drug-likeness (QED) is 0.315. The molecule has 6 rings (SSSR count). The Bertz CT molecular complexity index is 1840.